The zero-order valence-electron chi connectivity index (χ0n) is 17.6. The van der Waals surface area contributed by atoms with Crippen molar-refractivity contribution in [1.29, 1.82) is 0 Å². The Bertz CT molecular complexity index is 1230. The number of nitrogens with zero attached hydrogens (tertiary/aromatic N) is 3. The molecule has 1 aliphatic carbocycles. The molecule has 1 aromatic heterocycles. The smallest absolute Gasteiger partial charge is 0.261 e. The van der Waals surface area contributed by atoms with Crippen molar-refractivity contribution in [3.63, 3.8) is 0 Å². The highest BCUT2D eigenvalue weighted by Crippen LogP contribution is 2.36. The van der Waals surface area contributed by atoms with Crippen molar-refractivity contribution in [3.05, 3.63) is 75.6 Å². The van der Waals surface area contributed by atoms with E-state index in [1.54, 1.807) is 17.0 Å². The van der Waals surface area contributed by atoms with Crippen molar-refractivity contribution < 1.29 is 9.50 Å². The van der Waals surface area contributed by atoms with Crippen LogP contribution in [0.1, 0.15) is 48.4 Å². The summed E-state index contributed by atoms with van der Waals surface area (Å²) in [5.41, 5.74) is 4.33. The number of hydrogen-bond acceptors (Lipinski definition) is 4. The molecule has 0 bridgehead atoms. The van der Waals surface area contributed by atoms with E-state index in [0.29, 0.717) is 23.7 Å². The fourth-order valence-electron chi connectivity index (χ4n) is 4.99. The molecule has 1 saturated carbocycles. The first kappa shape index (κ1) is 19.9. The second-order valence-electron chi connectivity index (χ2n) is 8.66. The minimum absolute atomic E-state index is 0.123. The first-order valence-corrected chi connectivity index (χ1v) is 10.9. The van der Waals surface area contributed by atoms with Gasteiger partial charge < -0.3 is 10.0 Å². The average molecular weight is 420 g/mol. The van der Waals surface area contributed by atoms with Gasteiger partial charge in [0.15, 0.2) is 0 Å². The van der Waals surface area contributed by atoms with Crippen LogP contribution in [0.4, 0.5) is 10.1 Å². The van der Waals surface area contributed by atoms with Crippen molar-refractivity contribution in [2.75, 3.05) is 18.5 Å². The minimum Gasteiger partial charge on any atom is -0.391 e. The predicted octanol–water partition coefficient (Wildman–Crippen LogP) is 4.07. The van der Waals surface area contributed by atoms with E-state index in [0.717, 1.165) is 48.2 Å². The molecule has 31 heavy (non-hydrogen) atoms. The number of halogens is 1. The van der Waals surface area contributed by atoms with Crippen molar-refractivity contribution in [2.45, 2.75) is 44.2 Å². The van der Waals surface area contributed by atoms with E-state index in [9.17, 15) is 14.3 Å². The molecule has 160 valence electrons. The molecule has 0 saturated heterocycles. The molecule has 0 unspecified atom stereocenters. The maximum Gasteiger partial charge on any atom is 0.261 e. The van der Waals surface area contributed by atoms with Crippen molar-refractivity contribution in [1.82, 2.24) is 9.55 Å². The Labute approximate surface area is 180 Å². The number of aliphatic hydroxyl groups is 1. The Hall–Kier alpha value is -2.99. The van der Waals surface area contributed by atoms with E-state index >= 15 is 0 Å². The van der Waals surface area contributed by atoms with Gasteiger partial charge in [-0.2, -0.15) is 0 Å². The SMILES string of the molecule is CN1CC=Cc2c(Cc3cccc(F)c3)cc3c(=O)n([C@H]4CCCC[C@@H]4O)cnc3c21. The topological polar surface area (TPSA) is 58.4 Å². The third-order valence-corrected chi connectivity index (χ3v) is 6.56. The summed E-state index contributed by atoms with van der Waals surface area (Å²) in [5.74, 6) is -0.268. The normalized spacial score (nSPS) is 20.8. The van der Waals surface area contributed by atoms with Gasteiger partial charge in [0, 0.05) is 19.2 Å². The van der Waals surface area contributed by atoms with Gasteiger partial charge >= 0.3 is 0 Å². The van der Waals surface area contributed by atoms with E-state index in [-0.39, 0.29) is 17.4 Å². The quantitative estimate of drug-likeness (QED) is 0.696. The number of hydrogen-bond donors (Lipinski definition) is 1. The molecule has 5 nitrogen and oxygen atoms in total. The molecule has 0 radical (unpaired) electrons. The van der Waals surface area contributed by atoms with Crippen LogP contribution in [0.5, 0.6) is 0 Å². The van der Waals surface area contributed by atoms with E-state index < -0.39 is 6.10 Å². The zero-order valence-corrected chi connectivity index (χ0v) is 17.6. The summed E-state index contributed by atoms with van der Waals surface area (Å²) in [4.78, 5) is 20.3. The van der Waals surface area contributed by atoms with Gasteiger partial charge in [-0.25, -0.2) is 9.37 Å². The molecule has 1 N–H and O–H groups in total. The van der Waals surface area contributed by atoms with Crippen LogP contribution in [0.3, 0.4) is 0 Å². The van der Waals surface area contributed by atoms with Gasteiger partial charge in [0.1, 0.15) is 11.3 Å². The summed E-state index contributed by atoms with van der Waals surface area (Å²) in [5, 5.41) is 11.0. The number of fused-ring (bicyclic) bond motifs is 3. The van der Waals surface area contributed by atoms with E-state index in [1.807, 2.05) is 19.2 Å². The molecule has 2 aromatic carbocycles. The Morgan fingerprint density at radius 3 is 2.87 bits per heavy atom. The number of benzene rings is 2. The highest BCUT2D eigenvalue weighted by Gasteiger charge is 2.27. The third-order valence-electron chi connectivity index (χ3n) is 6.56. The third kappa shape index (κ3) is 3.55. The molecule has 2 aliphatic rings. The van der Waals surface area contributed by atoms with Crippen molar-refractivity contribution >= 4 is 22.7 Å². The number of aromatic nitrogens is 2. The molecule has 0 spiro atoms. The summed E-state index contributed by atoms with van der Waals surface area (Å²) in [6, 6.07) is 8.25. The lowest BCUT2D eigenvalue weighted by Gasteiger charge is -2.30. The Balaban J connectivity index is 1.70. The summed E-state index contributed by atoms with van der Waals surface area (Å²) >= 11 is 0. The first-order chi connectivity index (χ1) is 15.0. The van der Waals surface area contributed by atoms with Gasteiger partial charge in [-0.05, 0) is 48.6 Å². The Kier molecular flexibility index (Phi) is 5.10. The Morgan fingerprint density at radius 1 is 1.23 bits per heavy atom. The molecular weight excluding hydrogens is 393 g/mol. The number of likely N-dealkylation sites (N-methyl/N-ethyl adjacent to an activating group) is 1. The molecule has 1 fully saturated rings. The van der Waals surface area contributed by atoms with Crippen molar-refractivity contribution in [2.24, 2.45) is 0 Å². The van der Waals surface area contributed by atoms with E-state index in [1.165, 1.54) is 12.1 Å². The maximum atomic E-state index is 13.8. The summed E-state index contributed by atoms with van der Waals surface area (Å²) in [6.45, 7) is 0.734. The predicted molar refractivity (Wildman–Crippen MR) is 121 cm³/mol. The van der Waals surface area contributed by atoms with Gasteiger partial charge in [0.25, 0.3) is 5.56 Å². The summed E-state index contributed by atoms with van der Waals surface area (Å²) in [7, 11) is 1.99. The van der Waals surface area contributed by atoms with E-state index in [4.69, 9.17) is 4.98 Å². The molecule has 1 aliphatic heterocycles. The molecule has 2 heterocycles. The van der Waals surface area contributed by atoms with Crippen LogP contribution in [0.2, 0.25) is 0 Å². The minimum atomic E-state index is -0.527. The van der Waals surface area contributed by atoms with Crippen molar-refractivity contribution in [3.8, 4) is 0 Å². The van der Waals surface area contributed by atoms with Crippen LogP contribution in [-0.4, -0.2) is 34.4 Å². The van der Waals surface area contributed by atoms with Gasteiger partial charge in [-0.1, -0.05) is 37.1 Å². The fourth-order valence-corrected chi connectivity index (χ4v) is 4.99. The molecule has 6 heteroatoms. The van der Waals surface area contributed by atoms with Crippen LogP contribution in [-0.2, 0) is 6.42 Å². The Morgan fingerprint density at radius 2 is 2.06 bits per heavy atom. The summed E-state index contributed by atoms with van der Waals surface area (Å²) in [6.07, 6.45) is 9.21. The first-order valence-electron chi connectivity index (χ1n) is 10.9. The van der Waals surface area contributed by atoms with Gasteiger partial charge in [-0.3, -0.25) is 9.36 Å². The van der Waals surface area contributed by atoms with Crippen LogP contribution in [0.15, 0.2) is 47.5 Å². The number of aliphatic hydroxyl groups excluding tert-OH is 1. The average Bonchev–Trinajstić information content (AvgIpc) is 2.75. The molecular formula is C25H26FN3O2. The van der Waals surface area contributed by atoms with Gasteiger partial charge in [0.2, 0.25) is 0 Å². The maximum absolute atomic E-state index is 13.8. The van der Waals surface area contributed by atoms with Crippen LogP contribution in [0, 0.1) is 5.82 Å². The standard InChI is InChI=1S/C25H26FN3O2/c1-28-11-5-8-19-17(12-16-6-4-7-18(26)13-16)14-20-23(24(19)28)27-15-29(25(20)31)21-9-2-3-10-22(21)30/h4-8,13-15,21-22,30H,2-3,9-12H2,1H3/t21-,22-/m0/s1. The van der Waals surface area contributed by atoms with Gasteiger partial charge in [-0.15, -0.1) is 0 Å². The lowest BCUT2D eigenvalue weighted by molar-refractivity contribution is 0.0735. The largest absolute Gasteiger partial charge is 0.391 e. The van der Waals surface area contributed by atoms with Crippen LogP contribution in [0.25, 0.3) is 17.0 Å². The second-order valence-corrected chi connectivity index (χ2v) is 8.66. The summed E-state index contributed by atoms with van der Waals surface area (Å²) < 4.78 is 15.4. The van der Waals surface area contributed by atoms with Gasteiger partial charge in [0.05, 0.1) is 29.5 Å². The lowest BCUT2D eigenvalue weighted by atomic mass is 9.91. The fraction of sp³-hybridized carbons (Fsp3) is 0.360. The highest BCUT2D eigenvalue weighted by atomic mass is 19.1. The van der Waals surface area contributed by atoms with Crippen LogP contribution < -0.4 is 10.5 Å². The molecule has 5 rings (SSSR count). The van der Waals surface area contributed by atoms with Crippen LogP contribution >= 0.6 is 0 Å². The number of rotatable bonds is 3. The van der Waals surface area contributed by atoms with E-state index in [2.05, 4.69) is 17.1 Å². The highest BCUT2D eigenvalue weighted by molar-refractivity contribution is 5.97. The molecule has 0 amide bonds. The zero-order chi connectivity index (χ0) is 21.5. The second kappa shape index (κ2) is 7.93. The monoisotopic (exact) mass is 419 g/mol. The number of anilines is 1. The molecule has 3 aromatic rings. The molecule has 2 atom stereocenters. The lowest BCUT2D eigenvalue weighted by Crippen LogP contribution is -2.35.